The number of aliphatic hydroxyl groups excluding tert-OH is 2. The van der Waals surface area contributed by atoms with Gasteiger partial charge in [-0.05, 0) is 39.2 Å². The average molecular weight is 476 g/mol. The van der Waals surface area contributed by atoms with E-state index in [1.807, 2.05) is 6.92 Å². The maximum atomic E-state index is 12.4. The standard InChI is InChI=1S/C24H28O10/c1-10-15(25)5-8-19(33-10)34-16-6-7-17(32-11(16)2)12-3-4-13-20(21(12)28)22(29)14(9-18(26)27)24(31)23(13)30/h3-4,10-11,15-17,19,25,28-29H,5-9H2,1-2H3,(H,26,27)/t10-,11-,15-,16+,17+,19-/m0/s1. The molecule has 0 spiro atoms. The molecule has 0 bridgehead atoms. The van der Waals surface area contributed by atoms with Crippen molar-refractivity contribution < 1.29 is 49.0 Å². The van der Waals surface area contributed by atoms with Gasteiger partial charge in [0.2, 0.25) is 11.6 Å². The summed E-state index contributed by atoms with van der Waals surface area (Å²) in [7, 11) is 0. The number of aliphatic carboxylic acids is 1. The number of Topliss-reactive ketones (excluding diaryl/α,β-unsaturated/α-hetero) is 2. The van der Waals surface area contributed by atoms with Gasteiger partial charge in [-0.2, -0.15) is 0 Å². The van der Waals surface area contributed by atoms with E-state index in [9.17, 15) is 29.7 Å². The Morgan fingerprint density at radius 3 is 2.41 bits per heavy atom. The molecule has 2 fully saturated rings. The first-order valence-corrected chi connectivity index (χ1v) is 11.3. The maximum absolute atomic E-state index is 12.4. The quantitative estimate of drug-likeness (QED) is 0.465. The van der Waals surface area contributed by atoms with Crippen molar-refractivity contribution in [2.45, 2.75) is 82.8 Å². The van der Waals surface area contributed by atoms with Gasteiger partial charge in [-0.15, -0.1) is 0 Å². The molecule has 10 nitrogen and oxygen atoms in total. The molecule has 6 atom stereocenters. The first-order chi connectivity index (χ1) is 16.1. The number of aliphatic hydroxyl groups is 2. The third kappa shape index (κ3) is 4.46. The van der Waals surface area contributed by atoms with Crippen LogP contribution in [-0.4, -0.2) is 68.7 Å². The molecule has 0 aromatic heterocycles. The summed E-state index contributed by atoms with van der Waals surface area (Å²) in [6.07, 6.45) is -1.11. The van der Waals surface area contributed by atoms with Crippen LogP contribution in [-0.2, 0) is 23.8 Å². The highest BCUT2D eigenvalue weighted by Gasteiger charge is 2.39. The van der Waals surface area contributed by atoms with Gasteiger partial charge in [0.25, 0.3) is 0 Å². The molecule has 2 aliphatic heterocycles. The fourth-order valence-electron chi connectivity index (χ4n) is 4.74. The molecule has 1 aromatic rings. The van der Waals surface area contributed by atoms with Crippen molar-refractivity contribution in [1.29, 1.82) is 0 Å². The first-order valence-electron chi connectivity index (χ1n) is 11.3. The van der Waals surface area contributed by atoms with Crippen LogP contribution in [0.25, 0.3) is 5.76 Å². The topological polar surface area (TPSA) is 160 Å². The fourth-order valence-corrected chi connectivity index (χ4v) is 4.74. The highest BCUT2D eigenvalue weighted by molar-refractivity contribution is 6.52. The van der Waals surface area contributed by atoms with Crippen molar-refractivity contribution in [2.24, 2.45) is 0 Å². The molecule has 0 amide bonds. The Hall–Kier alpha value is -2.79. The van der Waals surface area contributed by atoms with E-state index in [1.165, 1.54) is 12.1 Å². The number of rotatable bonds is 5. The Bertz CT molecular complexity index is 1040. The largest absolute Gasteiger partial charge is 0.507 e. The summed E-state index contributed by atoms with van der Waals surface area (Å²) in [5, 5.41) is 40.3. The zero-order valence-corrected chi connectivity index (χ0v) is 18.9. The van der Waals surface area contributed by atoms with Gasteiger partial charge in [0.1, 0.15) is 11.5 Å². The number of benzene rings is 1. The van der Waals surface area contributed by atoms with Gasteiger partial charge < -0.3 is 34.6 Å². The summed E-state index contributed by atoms with van der Waals surface area (Å²) in [5.41, 5.74) is -0.682. The summed E-state index contributed by atoms with van der Waals surface area (Å²) in [6.45, 7) is 3.62. The molecule has 2 saturated heterocycles. The number of hydrogen-bond donors (Lipinski definition) is 4. The van der Waals surface area contributed by atoms with E-state index in [4.69, 9.17) is 19.3 Å². The number of hydrogen-bond acceptors (Lipinski definition) is 9. The lowest BCUT2D eigenvalue weighted by molar-refractivity contribution is -0.260. The number of ketones is 2. The molecule has 184 valence electrons. The van der Waals surface area contributed by atoms with Crippen molar-refractivity contribution in [1.82, 2.24) is 0 Å². The maximum Gasteiger partial charge on any atom is 0.308 e. The minimum atomic E-state index is -1.39. The normalized spacial score (nSPS) is 32.0. The van der Waals surface area contributed by atoms with Crippen LogP contribution in [0.4, 0.5) is 0 Å². The molecule has 4 rings (SSSR count). The van der Waals surface area contributed by atoms with Gasteiger partial charge in [0.15, 0.2) is 6.29 Å². The second kappa shape index (κ2) is 9.46. The van der Waals surface area contributed by atoms with Crippen molar-refractivity contribution in [3.63, 3.8) is 0 Å². The minimum Gasteiger partial charge on any atom is -0.507 e. The number of carboxylic acids is 1. The van der Waals surface area contributed by atoms with Crippen LogP contribution in [0.15, 0.2) is 17.7 Å². The summed E-state index contributed by atoms with van der Waals surface area (Å²) in [4.78, 5) is 35.8. The van der Waals surface area contributed by atoms with Gasteiger partial charge in [-0.1, -0.05) is 6.07 Å². The monoisotopic (exact) mass is 476 g/mol. The predicted octanol–water partition coefficient (Wildman–Crippen LogP) is 2.41. The van der Waals surface area contributed by atoms with Crippen LogP contribution in [0.1, 0.15) is 73.5 Å². The average Bonchev–Trinajstić information content (AvgIpc) is 2.78. The zero-order chi connectivity index (χ0) is 24.7. The lowest BCUT2D eigenvalue weighted by Crippen LogP contribution is -2.43. The van der Waals surface area contributed by atoms with Gasteiger partial charge in [0, 0.05) is 17.5 Å². The highest BCUT2D eigenvalue weighted by Crippen LogP contribution is 2.43. The van der Waals surface area contributed by atoms with Gasteiger partial charge in [-0.25, -0.2) is 0 Å². The summed E-state index contributed by atoms with van der Waals surface area (Å²) >= 11 is 0. The highest BCUT2D eigenvalue weighted by atomic mass is 16.7. The van der Waals surface area contributed by atoms with Crippen LogP contribution < -0.4 is 0 Å². The third-order valence-corrected chi connectivity index (χ3v) is 6.68. The van der Waals surface area contributed by atoms with Crippen molar-refractivity contribution in [2.75, 3.05) is 0 Å². The fraction of sp³-hybridized carbons (Fsp3) is 0.542. The molecule has 34 heavy (non-hydrogen) atoms. The van der Waals surface area contributed by atoms with Crippen LogP contribution >= 0.6 is 0 Å². The minimum absolute atomic E-state index is 0.186. The zero-order valence-electron chi connectivity index (χ0n) is 18.9. The van der Waals surface area contributed by atoms with Crippen LogP contribution in [0, 0.1) is 0 Å². The number of phenolic OH excluding ortho intramolecular Hbond substituents is 1. The van der Waals surface area contributed by atoms with Crippen LogP contribution in [0.2, 0.25) is 0 Å². The lowest BCUT2D eigenvalue weighted by Gasteiger charge is -2.39. The van der Waals surface area contributed by atoms with Gasteiger partial charge in [-0.3, -0.25) is 14.4 Å². The SMILES string of the molecule is C[C@@H]1O[C@@H](O[C@@H]2CC[C@H](c3ccc4c(c3O)C(O)=C(CC(=O)O)C(=O)C4=O)O[C@H]2C)CC[C@@H]1O. The van der Waals surface area contributed by atoms with Crippen molar-refractivity contribution in [3.05, 3.63) is 34.4 Å². The van der Waals surface area contributed by atoms with E-state index in [2.05, 4.69) is 0 Å². The lowest BCUT2D eigenvalue weighted by atomic mass is 9.84. The third-order valence-electron chi connectivity index (χ3n) is 6.68. The van der Waals surface area contributed by atoms with E-state index < -0.39 is 59.5 Å². The molecule has 3 aliphatic rings. The smallest absolute Gasteiger partial charge is 0.308 e. The van der Waals surface area contributed by atoms with Crippen molar-refractivity contribution in [3.8, 4) is 5.75 Å². The van der Waals surface area contributed by atoms with E-state index in [0.29, 0.717) is 31.2 Å². The number of carbonyl (C=O) groups is 3. The summed E-state index contributed by atoms with van der Waals surface area (Å²) in [6, 6.07) is 2.80. The molecular formula is C24H28O10. The Morgan fingerprint density at radius 2 is 1.76 bits per heavy atom. The molecule has 1 aliphatic carbocycles. The summed E-state index contributed by atoms with van der Waals surface area (Å²) in [5.74, 6) is -4.60. The van der Waals surface area contributed by atoms with Crippen LogP contribution in [0.3, 0.4) is 0 Å². The molecular weight excluding hydrogens is 448 g/mol. The molecule has 2 heterocycles. The number of aromatic hydroxyl groups is 1. The van der Waals surface area contributed by atoms with E-state index in [0.717, 1.165) is 0 Å². The predicted molar refractivity (Wildman–Crippen MR) is 116 cm³/mol. The second-order valence-electron chi connectivity index (χ2n) is 8.98. The van der Waals surface area contributed by atoms with Crippen molar-refractivity contribution >= 4 is 23.3 Å². The van der Waals surface area contributed by atoms with E-state index in [1.54, 1.807) is 6.92 Å². The Morgan fingerprint density at radius 1 is 1.03 bits per heavy atom. The first kappa shape index (κ1) is 24.3. The second-order valence-corrected chi connectivity index (χ2v) is 8.98. The number of carbonyl (C=O) groups excluding carboxylic acids is 2. The van der Waals surface area contributed by atoms with Gasteiger partial charge >= 0.3 is 5.97 Å². The van der Waals surface area contributed by atoms with Crippen LogP contribution in [0.5, 0.6) is 5.75 Å². The Labute approximate surface area is 195 Å². The number of phenols is 1. The Balaban J connectivity index is 1.53. The molecule has 0 saturated carbocycles. The summed E-state index contributed by atoms with van der Waals surface area (Å²) < 4.78 is 17.9. The molecule has 10 heteroatoms. The number of ether oxygens (including phenoxy) is 3. The van der Waals surface area contributed by atoms with E-state index in [-0.39, 0.29) is 29.4 Å². The molecule has 0 radical (unpaired) electrons. The number of fused-ring (bicyclic) bond motifs is 1. The van der Waals surface area contributed by atoms with E-state index >= 15 is 0 Å². The molecule has 1 aromatic carbocycles. The number of carboxylic acid groups (broad SMARTS) is 1. The molecule has 4 N–H and O–H groups in total. The molecule has 0 unspecified atom stereocenters. The van der Waals surface area contributed by atoms with Gasteiger partial charge in [0.05, 0.1) is 48.1 Å². The Kier molecular flexibility index (Phi) is 6.77.